The molecule has 1 amide bonds. The monoisotopic (exact) mass is 347 g/mol. The number of aryl methyl sites for hydroxylation is 1. The number of nitrogens with one attached hydrogen (secondary N) is 1. The molecular weight excluding hydrogens is 326 g/mol. The molecule has 4 rings (SSSR count). The largest absolute Gasteiger partial charge is 0.340 e. The van der Waals surface area contributed by atoms with Gasteiger partial charge in [0.15, 0.2) is 0 Å². The number of benzene rings is 1. The van der Waals surface area contributed by atoms with Crippen LogP contribution in [-0.2, 0) is 0 Å². The molecule has 3 heterocycles. The first-order valence-electron chi connectivity index (χ1n) is 8.91. The van der Waals surface area contributed by atoms with E-state index in [1.807, 2.05) is 11.1 Å². The Kier molecular flexibility index (Phi) is 4.48. The van der Waals surface area contributed by atoms with Gasteiger partial charge in [-0.05, 0) is 31.7 Å². The predicted molar refractivity (Wildman–Crippen MR) is 98.4 cm³/mol. The van der Waals surface area contributed by atoms with E-state index >= 15 is 0 Å². The zero-order valence-electron chi connectivity index (χ0n) is 14.7. The van der Waals surface area contributed by atoms with Crippen LogP contribution in [0.3, 0.4) is 0 Å². The van der Waals surface area contributed by atoms with Crippen LogP contribution >= 0.6 is 0 Å². The Morgan fingerprint density at radius 2 is 1.96 bits per heavy atom. The lowest BCUT2D eigenvalue weighted by atomic mass is 10.0. The van der Waals surface area contributed by atoms with E-state index in [1.54, 1.807) is 12.4 Å². The molecular formula is C20H21N5O. The van der Waals surface area contributed by atoms with Crippen LogP contribution < -0.4 is 0 Å². The van der Waals surface area contributed by atoms with Gasteiger partial charge in [0.25, 0.3) is 5.91 Å². The summed E-state index contributed by atoms with van der Waals surface area (Å²) in [6, 6.07) is 8.27. The van der Waals surface area contributed by atoms with E-state index < -0.39 is 0 Å². The number of piperidine rings is 1. The highest BCUT2D eigenvalue weighted by Gasteiger charge is 2.31. The van der Waals surface area contributed by atoms with Gasteiger partial charge in [-0.3, -0.25) is 9.78 Å². The SMILES string of the molecule is Cc1ccc(-c2cnc(C3CCCCN3C(=O)c3cnccn3)[nH]2)cc1. The number of hydrogen-bond donors (Lipinski definition) is 1. The van der Waals surface area contributed by atoms with Crippen molar-refractivity contribution in [2.75, 3.05) is 6.54 Å². The molecule has 0 radical (unpaired) electrons. The fraction of sp³-hybridized carbons (Fsp3) is 0.300. The van der Waals surface area contributed by atoms with Crippen molar-refractivity contribution in [1.82, 2.24) is 24.8 Å². The summed E-state index contributed by atoms with van der Waals surface area (Å²) in [5.41, 5.74) is 3.67. The molecule has 26 heavy (non-hydrogen) atoms. The van der Waals surface area contributed by atoms with Crippen molar-refractivity contribution in [2.24, 2.45) is 0 Å². The Labute approximate surface area is 152 Å². The van der Waals surface area contributed by atoms with Gasteiger partial charge in [0, 0.05) is 18.9 Å². The molecule has 0 spiro atoms. The van der Waals surface area contributed by atoms with E-state index in [-0.39, 0.29) is 11.9 Å². The minimum absolute atomic E-state index is 0.0579. The molecule has 0 saturated carbocycles. The first-order valence-corrected chi connectivity index (χ1v) is 8.91. The van der Waals surface area contributed by atoms with E-state index in [0.29, 0.717) is 12.2 Å². The molecule has 1 fully saturated rings. The number of carbonyl (C=O) groups excluding carboxylic acids is 1. The topological polar surface area (TPSA) is 74.8 Å². The molecule has 1 saturated heterocycles. The average molecular weight is 347 g/mol. The second-order valence-electron chi connectivity index (χ2n) is 6.65. The lowest BCUT2D eigenvalue weighted by Gasteiger charge is -2.34. The van der Waals surface area contributed by atoms with Crippen LogP contribution in [-0.4, -0.2) is 37.3 Å². The first-order chi connectivity index (χ1) is 12.7. The summed E-state index contributed by atoms with van der Waals surface area (Å²) >= 11 is 0. The van der Waals surface area contributed by atoms with E-state index in [2.05, 4.69) is 51.1 Å². The first kappa shape index (κ1) is 16.4. The molecule has 6 nitrogen and oxygen atoms in total. The van der Waals surface area contributed by atoms with Gasteiger partial charge < -0.3 is 9.88 Å². The Morgan fingerprint density at radius 1 is 1.12 bits per heavy atom. The molecule has 1 N–H and O–H groups in total. The molecule has 3 aromatic rings. The normalized spacial score (nSPS) is 17.3. The van der Waals surface area contributed by atoms with Crippen LogP contribution in [0.5, 0.6) is 0 Å². The fourth-order valence-electron chi connectivity index (χ4n) is 3.40. The Balaban J connectivity index is 1.61. The highest BCUT2D eigenvalue weighted by molar-refractivity contribution is 5.92. The lowest BCUT2D eigenvalue weighted by molar-refractivity contribution is 0.0594. The minimum Gasteiger partial charge on any atom is -0.340 e. The van der Waals surface area contributed by atoms with Gasteiger partial charge >= 0.3 is 0 Å². The van der Waals surface area contributed by atoms with Gasteiger partial charge in [0.2, 0.25) is 0 Å². The fourth-order valence-corrected chi connectivity index (χ4v) is 3.40. The molecule has 1 aromatic carbocycles. The van der Waals surface area contributed by atoms with E-state index in [0.717, 1.165) is 36.3 Å². The number of carbonyl (C=O) groups is 1. The summed E-state index contributed by atoms with van der Waals surface area (Å²) in [5.74, 6) is 0.744. The summed E-state index contributed by atoms with van der Waals surface area (Å²) in [4.78, 5) is 30.9. The zero-order chi connectivity index (χ0) is 17.9. The number of amides is 1. The summed E-state index contributed by atoms with van der Waals surface area (Å²) in [6.45, 7) is 2.78. The van der Waals surface area contributed by atoms with Crippen molar-refractivity contribution < 1.29 is 4.79 Å². The van der Waals surface area contributed by atoms with Gasteiger partial charge in [-0.1, -0.05) is 29.8 Å². The third-order valence-electron chi connectivity index (χ3n) is 4.82. The maximum absolute atomic E-state index is 12.9. The number of likely N-dealkylation sites (tertiary alicyclic amines) is 1. The third-order valence-corrected chi connectivity index (χ3v) is 4.82. The second kappa shape index (κ2) is 7.07. The molecule has 132 valence electrons. The highest BCUT2D eigenvalue weighted by atomic mass is 16.2. The van der Waals surface area contributed by atoms with Gasteiger partial charge in [0.05, 0.1) is 24.1 Å². The van der Waals surface area contributed by atoms with Crippen molar-refractivity contribution >= 4 is 5.91 Å². The third kappa shape index (κ3) is 3.22. The Morgan fingerprint density at radius 3 is 2.73 bits per heavy atom. The maximum atomic E-state index is 12.9. The van der Waals surface area contributed by atoms with E-state index in [4.69, 9.17) is 0 Å². The minimum atomic E-state index is -0.0870. The smallest absolute Gasteiger partial charge is 0.274 e. The van der Waals surface area contributed by atoms with Crippen LogP contribution in [0.25, 0.3) is 11.3 Å². The van der Waals surface area contributed by atoms with Crippen LogP contribution in [0, 0.1) is 6.92 Å². The number of aromatic nitrogens is 4. The standard InChI is InChI=1S/C20H21N5O/c1-14-5-7-15(8-6-14)16-13-23-19(24-16)18-4-2-3-11-25(18)20(26)17-12-21-9-10-22-17/h5-10,12-13,18H,2-4,11H2,1H3,(H,23,24). The number of H-pyrrole nitrogens is 1. The number of imidazole rings is 1. The van der Waals surface area contributed by atoms with Gasteiger partial charge in [-0.2, -0.15) is 0 Å². The van der Waals surface area contributed by atoms with Crippen molar-refractivity contribution in [3.8, 4) is 11.3 Å². The van der Waals surface area contributed by atoms with Crippen molar-refractivity contribution in [1.29, 1.82) is 0 Å². The van der Waals surface area contributed by atoms with Crippen molar-refractivity contribution in [3.05, 3.63) is 66.1 Å². The van der Waals surface area contributed by atoms with E-state index in [9.17, 15) is 4.79 Å². The molecule has 1 unspecified atom stereocenters. The van der Waals surface area contributed by atoms with Crippen LogP contribution in [0.15, 0.2) is 49.1 Å². The molecule has 0 bridgehead atoms. The zero-order valence-corrected chi connectivity index (χ0v) is 14.7. The summed E-state index contributed by atoms with van der Waals surface area (Å²) < 4.78 is 0. The number of nitrogens with zero attached hydrogens (tertiary/aromatic N) is 4. The molecule has 2 aromatic heterocycles. The Hall–Kier alpha value is -3.02. The second-order valence-corrected chi connectivity index (χ2v) is 6.65. The maximum Gasteiger partial charge on any atom is 0.274 e. The summed E-state index contributed by atoms with van der Waals surface area (Å²) in [7, 11) is 0. The Bertz CT molecular complexity index is 888. The molecule has 1 aliphatic heterocycles. The van der Waals surface area contributed by atoms with Gasteiger partial charge in [0.1, 0.15) is 11.5 Å². The number of hydrogen-bond acceptors (Lipinski definition) is 4. The molecule has 6 heteroatoms. The van der Waals surface area contributed by atoms with Gasteiger partial charge in [-0.15, -0.1) is 0 Å². The van der Waals surface area contributed by atoms with Crippen molar-refractivity contribution in [3.63, 3.8) is 0 Å². The van der Waals surface area contributed by atoms with Crippen LogP contribution in [0.1, 0.15) is 47.2 Å². The summed E-state index contributed by atoms with van der Waals surface area (Å²) in [5, 5.41) is 0. The predicted octanol–water partition coefficient (Wildman–Crippen LogP) is 3.54. The van der Waals surface area contributed by atoms with Crippen LogP contribution in [0.2, 0.25) is 0 Å². The van der Waals surface area contributed by atoms with E-state index in [1.165, 1.54) is 11.8 Å². The molecule has 0 aliphatic carbocycles. The highest BCUT2D eigenvalue weighted by Crippen LogP contribution is 2.31. The van der Waals surface area contributed by atoms with Crippen molar-refractivity contribution in [2.45, 2.75) is 32.2 Å². The quantitative estimate of drug-likeness (QED) is 0.786. The summed E-state index contributed by atoms with van der Waals surface area (Å²) in [6.07, 6.45) is 9.46. The average Bonchev–Trinajstić information content (AvgIpc) is 3.19. The molecule has 1 atom stereocenters. The number of rotatable bonds is 3. The van der Waals surface area contributed by atoms with Gasteiger partial charge in [-0.25, -0.2) is 9.97 Å². The number of aromatic amines is 1. The lowest BCUT2D eigenvalue weighted by Crippen LogP contribution is -2.39. The molecule has 1 aliphatic rings. The van der Waals surface area contributed by atoms with Crippen LogP contribution in [0.4, 0.5) is 0 Å².